The molecule has 0 amide bonds. The molecule has 100 valence electrons. The molecular formula is C13H17F3N2. The zero-order valence-electron chi connectivity index (χ0n) is 10.1. The molecule has 18 heavy (non-hydrogen) atoms. The first-order chi connectivity index (χ1) is 8.54. The Bertz CT molecular complexity index is 402. The molecule has 1 heterocycles. The maximum Gasteiger partial charge on any atom is 0.389 e. The van der Waals surface area contributed by atoms with Gasteiger partial charge in [0, 0.05) is 26.1 Å². The average molecular weight is 258 g/mol. The van der Waals surface area contributed by atoms with Crippen LogP contribution >= 0.6 is 0 Å². The fraction of sp³-hybridized carbons (Fsp3) is 0.538. The fourth-order valence-electron chi connectivity index (χ4n) is 2.10. The van der Waals surface area contributed by atoms with Crippen molar-refractivity contribution in [2.75, 3.05) is 6.54 Å². The lowest BCUT2D eigenvalue weighted by Gasteiger charge is -2.08. The average Bonchev–Trinajstić information content (AvgIpc) is 2.74. The van der Waals surface area contributed by atoms with Crippen LogP contribution in [0.1, 0.15) is 29.5 Å². The molecule has 0 spiro atoms. The molecule has 0 atom stereocenters. The molecule has 2 rings (SSSR count). The summed E-state index contributed by atoms with van der Waals surface area (Å²) in [5, 5.41) is 6.31. The van der Waals surface area contributed by atoms with E-state index in [4.69, 9.17) is 0 Å². The largest absolute Gasteiger partial charge is 0.389 e. The monoisotopic (exact) mass is 258 g/mol. The highest BCUT2D eigenvalue weighted by atomic mass is 19.4. The van der Waals surface area contributed by atoms with Crippen LogP contribution in [0, 0.1) is 0 Å². The van der Waals surface area contributed by atoms with Crippen LogP contribution in [0.25, 0.3) is 0 Å². The SMILES string of the molecule is FC(F)(F)CCCNCc1ccc2c(c1)CNC2. The van der Waals surface area contributed by atoms with Crippen molar-refractivity contribution in [2.24, 2.45) is 0 Å². The first-order valence-electron chi connectivity index (χ1n) is 6.13. The lowest BCUT2D eigenvalue weighted by molar-refractivity contribution is -0.135. The topological polar surface area (TPSA) is 24.1 Å². The Labute approximate surface area is 105 Å². The van der Waals surface area contributed by atoms with E-state index in [2.05, 4.69) is 22.8 Å². The van der Waals surface area contributed by atoms with Gasteiger partial charge in [-0.1, -0.05) is 18.2 Å². The molecule has 0 saturated carbocycles. The molecule has 0 aliphatic carbocycles. The number of benzene rings is 1. The lowest BCUT2D eigenvalue weighted by Crippen LogP contribution is -2.17. The summed E-state index contributed by atoms with van der Waals surface area (Å²) in [6.07, 6.45) is -4.62. The van der Waals surface area contributed by atoms with Gasteiger partial charge in [-0.3, -0.25) is 0 Å². The van der Waals surface area contributed by atoms with Gasteiger partial charge in [-0.25, -0.2) is 0 Å². The Balaban J connectivity index is 1.71. The zero-order valence-corrected chi connectivity index (χ0v) is 10.1. The fourth-order valence-corrected chi connectivity index (χ4v) is 2.10. The van der Waals surface area contributed by atoms with Crippen LogP contribution in [-0.4, -0.2) is 12.7 Å². The number of alkyl halides is 3. The van der Waals surface area contributed by atoms with Gasteiger partial charge in [0.15, 0.2) is 0 Å². The molecule has 2 N–H and O–H groups in total. The summed E-state index contributed by atoms with van der Waals surface area (Å²) in [5.74, 6) is 0. The first-order valence-corrected chi connectivity index (χ1v) is 6.13. The van der Waals surface area contributed by atoms with E-state index in [0.717, 1.165) is 18.7 Å². The molecule has 1 aromatic rings. The minimum atomic E-state index is -4.04. The van der Waals surface area contributed by atoms with Crippen molar-refractivity contribution in [3.63, 3.8) is 0 Å². The highest BCUT2D eigenvalue weighted by Gasteiger charge is 2.25. The maximum absolute atomic E-state index is 11.9. The van der Waals surface area contributed by atoms with Crippen molar-refractivity contribution in [1.29, 1.82) is 0 Å². The van der Waals surface area contributed by atoms with Crippen LogP contribution in [0.4, 0.5) is 13.2 Å². The number of hydrogen-bond donors (Lipinski definition) is 2. The number of rotatable bonds is 5. The van der Waals surface area contributed by atoms with Gasteiger partial charge >= 0.3 is 6.18 Å². The number of halogens is 3. The summed E-state index contributed by atoms with van der Waals surface area (Å²) in [5.41, 5.74) is 3.74. The van der Waals surface area contributed by atoms with Crippen molar-refractivity contribution in [2.45, 2.75) is 38.7 Å². The van der Waals surface area contributed by atoms with Gasteiger partial charge in [0.2, 0.25) is 0 Å². The molecule has 0 radical (unpaired) electrons. The van der Waals surface area contributed by atoms with Gasteiger partial charge in [-0.2, -0.15) is 13.2 Å². The smallest absolute Gasteiger partial charge is 0.313 e. The third-order valence-electron chi connectivity index (χ3n) is 3.04. The van der Waals surface area contributed by atoms with Gasteiger partial charge in [-0.05, 0) is 29.7 Å². The number of hydrogen-bond acceptors (Lipinski definition) is 2. The van der Waals surface area contributed by atoms with Crippen LogP contribution < -0.4 is 10.6 Å². The standard InChI is InChI=1S/C13H17F3N2/c14-13(15,16)4-1-5-17-7-10-2-3-11-8-18-9-12(11)6-10/h2-3,6,17-18H,1,4-5,7-9H2. The van der Waals surface area contributed by atoms with Crippen LogP contribution in [-0.2, 0) is 19.6 Å². The van der Waals surface area contributed by atoms with E-state index in [0.29, 0.717) is 13.1 Å². The van der Waals surface area contributed by atoms with Crippen LogP contribution in [0.2, 0.25) is 0 Å². The Hall–Kier alpha value is -1.07. The quantitative estimate of drug-likeness (QED) is 0.793. The molecule has 1 aliphatic rings. The Morgan fingerprint density at radius 3 is 2.72 bits per heavy atom. The lowest BCUT2D eigenvalue weighted by atomic mass is 10.1. The van der Waals surface area contributed by atoms with Crippen molar-refractivity contribution in [1.82, 2.24) is 10.6 Å². The predicted octanol–water partition coefficient (Wildman–Crippen LogP) is 2.72. The van der Waals surface area contributed by atoms with E-state index in [1.807, 2.05) is 6.07 Å². The number of nitrogens with one attached hydrogen (secondary N) is 2. The Kier molecular flexibility index (Phi) is 4.24. The van der Waals surface area contributed by atoms with Gasteiger partial charge in [0.05, 0.1) is 0 Å². The van der Waals surface area contributed by atoms with Gasteiger partial charge in [0.25, 0.3) is 0 Å². The summed E-state index contributed by atoms with van der Waals surface area (Å²) < 4.78 is 35.8. The van der Waals surface area contributed by atoms with E-state index in [1.54, 1.807) is 0 Å². The van der Waals surface area contributed by atoms with Crippen molar-refractivity contribution < 1.29 is 13.2 Å². The van der Waals surface area contributed by atoms with Crippen molar-refractivity contribution >= 4 is 0 Å². The van der Waals surface area contributed by atoms with E-state index in [9.17, 15) is 13.2 Å². The van der Waals surface area contributed by atoms with E-state index in [1.165, 1.54) is 11.1 Å². The van der Waals surface area contributed by atoms with E-state index >= 15 is 0 Å². The predicted molar refractivity (Wildman–Crippen MR) is 64.0 cm³/mol. The molecule has 0 unspecified atom stereocenters. The summed E-state index contributed by atoms with van der Waals surface area (Å²) in [4.78, 5) is 0. The van der Waals surface area contributed by atoms with E-state index in [-0.39, 0.29) is 6.42 Å². The van der Waals surface area contributed by atoms with Crippen LogP contribution in [0.5, 0.6) is 0 Å². The summed E-state index contributed by atoms with van der Waals surface area (Å²) >= 11 is 0. The van der Waals surface area contributed by atoms with Crippen molar-refractivity contribution in [3.8, 4) is 0 Å². The zero-order chi connectivity index (χ0) is 13.0. The molecule has 5 heteroatoms. The normalized spacial score (nSPS) is 14.8. The van der Waals surface area contributed by atoms with Crippen LogP contribution in [0.3, 0.4) is 0 Å². The first kappa shape index (κ1) is 13.4. The van der Waals surface area contributed by atoms with Crippen LogP contribution in [0.15, 0.2) is 18.2 Å². The maximum atomic E-state index is 11.9. The molecule has 0 fully saturated rings. The van der Waals surface area contributed by atoms with E-state index < -0.39 is 12.6 Å². The highest BCUT2D eigenvalue weighted by molar-refractivity contribution is 5.34. The summed E-state index contributed by atoms with van der Waals surface area (Å²) in [6, 6.07) is 6.23. The second kappa shape index (κ2) is 5.71. The van der Waals surface area contributed by atoms with Gasteiger partial charge in [-0.15, -0.1) is 0 Å². The minimum Gasteiger partial charge on any atom is -0.313 e. The second-order valence-electron chi connectivity index (χ2n) is 4.60. The molecule has 0 aromatic heterocycles. The molecular weight excluding hydrogens is 241 g/mol. The van der Waals surface area contributed by atoms with Crippen molar-refractivity contribution in [3.05, 3.63) is 34.9 Å². The molecule has 1 aliphatic heterocycles. The molecule has 2 nitrogen and oxygen atoms in total. The second-order valence-corrected chi connectivity index (χ2v) is 4.60. The third-order valence-corrected chi connectivity index (χ3v) is 3.04. The molecule has 0 bridgehead atoms. The molecule has 0 saturated heterocycles. The Morgan fingerprint density at radius 1 is 1.17 bits per heavy atom. The summed E-state index contributed by atoms with van der Waals surface area (Å²) in [6.45, 7) is 2.83. The molecule has 1 aromatic carbocycles. The van der Waals surface area contributed by atoms with Gasteiger partial charge in [0.1, 0.15) is 0 Å². The highest BCUT2D eigenvalue weighted by Crippen LogP contribution is 2.21. The Morgan fingerprint density at radius 2 is 1.94 bits per heavy atom. The van der Waals surface area contributed by atoms with Gasteiger partial charge < -0.3 is 10.6 Å². The minimum absolute atomic E-state index is 0.135. The number of fused-ring (bicyclic) bond motifs is 1. The summed E-state index contributed by atoms with van der Waals surface area (Å²) in [7, 11) is 0. The third kappa shape index (κ3) is 3.99.